The largest absolute Gasteiger partial charge is 0.326 e. The van der Waals surface area contributed by atoms with Crippen LogP contribution in [0.15, 0.2) is 30.3 Å². The molecule has 134 valence electrons. The molecule has 1 aliphatic heterocycles. The third-order valence-corrected chi connectivity index (χ3v) is 5.18. The topological polar surface area (TPSA) is 20.3 Å². The Morgan fingerprint density at radius 2 is 2.00 bits per heavy atom. The summed E-state index contributed by atoms with van der Waals surface area (Å²) >= 11 is 7.83. The monoisotopic (exact) mass is 507 g/mol. The zero-order valence-electron chi connectivity index (χ0n) is 13.0. The molecule has 0 saturated carbocycles. The highest BCUT2D eigenvalue weighted by atomic mass is 127. The molecule has 2 aromatic carbocycles. The molecule has 0 fully saturated rings. The number of benzene rings is 2. The average molecular weight is 508 g/mol. The molecular formula is C18H10ClF3INOS. The van der Waals surface area contributed by atoms with E-state index in [2.05, 4.69) is 11.2 Å². The number of carbonyl (C=O) groups excluding carboxylic acids is 1. The van der Waals surface area contributed by atoms with Crippen molar-refractivity contribution in [3.05, 3.63) is 69.5 Å². The molecule has 0 N–H and O–H groups in total. The van der Waals surface area contributed by atoms with E-state index in [9.17, 15) is 18.0 Å². The molecule has 0 aliphatic carbocycles. The standard InChI is InChI=1S/C18H10ClF3INOS/c19-10-6-12-14(16(22)7-10)9-24(18(12)25)17(2-1-5-26-23)13-8-11(20)3-4-15(13)21/h3-4,6-8,17H,2,9H2. The van der Waals surface area contributed by atoms with Gasteiger partial charge >= 0.3 is 0 Å². The van der Waals surface area contributed by atoms with Crippen molar-refractivity contribution < 1.29 is 18.0 Å². The Balaban J connectivity index is 2.04. The maximum absolute atomic E-state index is 14.3. The predicted molar refractivity (Wildman–Crippen MR) is 104 cm³/mol. The van der Waals surface area contributed by atoms with Gasteiger partial charge < -0.3 is 4.90 Å². The van der Waals surface area contributed by atoms with E-state index in [1.165, 1.54) is 19.9 Å². The van der Waals surface area contributed by atoms with Crippen LogP contribution >= 0.6 is 41.7 Å². The van der Waals surface area contributed by atoms with Crippen LogP contribution in [-0.2, 0) is 6.54 Å². The first kappa shape index (κ1) is 19.4. The summed E-state index contributed by atoms with van der Waals surface area (Å²) < 4.78 is 42.2. The molecular weight excluding hydrogens is 498 g/mol. The van der Waals surface area contributed by atoms with Crippen molar-refractivity contribution >= 4 is 47.6 Å². The van der Waals surface area contributed by atoms with Gasteiger partial charge in [0.25, 0.3) is 5.91 Å². The van der Waals surface area contributed by atoms with E-state index in [0.717, 1.165) is 24.3 Å². The minimum atomic E-state index is -0.847. The minimum Gasteiger partial charge on any atom is -0.326 e. The smallest absolute Gasteiger partial charge is 0.255 e. The molecule has 0 spiro atoms. The van der Waals surface area contributed by atoms with Crippen molar-refractivity contribution in [1.82, 2.24) is 4.90 Å². The van der Waals surface area contributed by atoms with Crippen molar-refractivity contribution in [2.24, 2.45) is 0 Å². The third kappa shape index (κ3) is 3.82. The van der Waals surface area contributed by atoms with Gasteiger partial charge in [0.2, 0.25) is 0 Å². The van der Waals surface area contributed by atoms with Gasteiger partial charge in [-0.25, -0.2) is 13.2 Å². The van der Waals surface area contributed by atoms with Gasteiger partial charge in [-0.15, -0.1) is 0 Å². The zero-order chi connectivity index (χ0) is 18.8. The van der Waals surface area contributed by atoms with Gasteiger partial charge in [0.1, 0.15) is 17.5 Å². The molecule has 1 heterocycles. The Kier molecular flexibility index (Phi) is 6.05. The summed E-state index contributed by atoms with van der Waals surface area (Å²) in [7, 11) is 1.24. The quantitative estimate of drug-likeness (QED) is 0.382. The second-order valence-corrected chi connectivity index (χ2v) is 7.70. The van der Waals surface area contributed by atoms with Crippen LogP contribution in [0.5, 0.6) is 0 Å². The van der Waals surface area contributed by atoms with E-state index in [1.807, 2.05) is 21.2 Å². The fraction of sp³-hybridized carbons (Fsp3) is 0.167. The fourth-order valence-electron chi connectivity index (χ4n) is 2.93. The van der Waals surface area contributed by atoms with Crippen LogP contribution in [0.1, 0.15) is 33.9 Å². The first-order valence-corrected chi connectivity index (χ1v) is 11.2. The van der Waals surface area contributed by atoms with Gasteiger partial charge in [0.05, 0.1) is 12.6 Å². The van der Waals surface area contributed by atoms with E-state index < -0.39 is 29.4 Å². The van der Waals surface area contributed by atoms with Crippen molar-refractivity contribution in [3.63, 3.8) is 0 Å². The van der Waals surface area contributed by atoms with E-state index in [4.69, 9.17) is 11.6 Å². The van der Waals surface area contributed by atoms with Crippen molar-refractivity contribution in [1.29, 1.82) is 0 Å². The van der Waals surface area contributed by atoms with Crippen LogP contribution in [0.25, 0.3) is 0 Å². The molecule has 1 atom stereocenters. The highest BCUT2D eigenvalue weighted by molar-refractivity contribution is 14.2. The first-order valence-electron chi connectivity index (χ1n) is 7.41. The van der Waals surface area contributed by atoms with E-state index in [1.54, 1.807) is 0 Å². The lowest BCUT2D eigenvalue weighted by Crippen LogP contribution is -2.29. The summed E-state index contributed by atoms with van der Waals surface area (Å²) in [6.45, 7) is -0.0587. The van der Waals surface area contributed by atoms with Crippen LogP contribution in [0, 0.1) is 28.6 Å². The van der Waals surface area contributed by atoms with Crippen molar-refractivity contribution in [2.75, 3.05) is 0 Å². The molecule has 2 nitrogen and oxygen atoms in total. The molecule has 3 rings (SSSR count). The van der Waals surface area contributed by atoms with Crippen LogP contribution in [0.4, 0.5) is 13.2 Å². The van der Waals surface area contributed by atoms with Crippen LogP contribution in [0.3, 0.4) is 0 Å². The second kappa shape index (κ2) is 8.11. The zero-order valence-corrected chi connectivity index (χ0v) is 16.8. The maximum Gasteiger partial charge on any atom is 0.255 e. The van der Waals surface area contributed by atoms with Gasteiger partial charge in [-0.1, -0.05) is 17.5 Å². The predicted octanol–water partition coefficient (Wildman–Crippen LogP) is 5.89. The van der Waals surface area contributed by atoms with Gasteiger partial charge in [-0.3, -0.25) is 4.79 Å². The first-order chi connectivity index (χ1) is 12.4. The van der Waals surface area contributed by atoms with Crippen molar-refractivity contribution in [2.45, 2.75) is 19.0 Å². The molecule has 2 aromatic rings. The van der Waals surface area contributed by atoms with E-state index in [0.29, 0.717) is 0 Å². The van der Waals surface area contributed by atoms with Crippen LogP contribution in [-0.4, -0.2) is 10.8 Å². The lowest BCUT2D eigenvalue weighted by Gasteiger charge is -2.27. The lowest BCUT2D eigenvalue weighted by atomic mass is 10.0. The summed E-state index contributed by atoms with van der Waals surface area (Å²) in [6.07, 6.45) is 0.0887. The number of hydrogen-bond donors (Lipinski definition) is 0. The SMILES string of the molecule is O=C1c2cc(Cl)cc(F)c2CN1C(CC#CSI)c1cc(F)ccc1F. The third-order valence-electron chi connectivity index (χ3n) is 4.08. The summed E-state index contributed by atoms with van der Waals surface area (Å²) in [5.74, 6) is 0.471. The maximum atomic E-state index is 14.3. The van der Waals surface area contributed by atoms with Crippen LogP contribution in [0.2, 0.25) is 5.02 Å². The number of fused-ring (bicyclic) bond motifs is 1. The van der Waals surface area contributed by atoms with Gasteiger partial charge in [-0.2, -0.15) is 0 Å². The Bertz CT molecular complexity index is 944. The number of rotatable bonds is 3. The number of nitrogens with zero attached hydrogens (tertiary/aromatic N) is 1. The molecule has 0 bridgehead atoms. The molecule has 0 radical (unpaired) electrons. The molecule has 1 amide bonds. The Labute approximate surface area is 169 Å². The Hall–Kier alpha value is -1.37. The highest BCUT2D eigenvalue weighted by Gasteiger charge is 2.36. The molecule has 0 aromatic heterocycles. The van der Waals surface area contributed by atoms with Crippen molar-refractivity contribution in [3.8, 4) is 11.2 Å². The number of amides is 1. The molecule has 0 saturated heterocycles. The number of carbonyl (C=O) groups is 1. The molecule has 1 unspecified atom stereocenters. The highest BCUT2D eigenvalue weighted by Crippen LogP contribution is 2.36. The summed E-state index contributed by atoms with van der Waals surface area (Å²) in [4.78, 5) is 14.1. The Morgan fingerprint density at radius 1 is 1.23 bits per heavy atom. The molecule has 26 heavy (non-hydrogen) atoms. The summed E-state index contributed by atoms with van der Waals surface area (Å²) in [5.41, 5.74) is 0.330. The van der Waals surface area contributed by atoms with Gasteiger partial charge in [0.15, 0.2) is 0 Å². The van der Waals surface area contributed by atoms with Crippen LogP contribution < -0.4 is 0 Å². The lowest BCUT2D eigenvalue weighted by molar-refractivity contribution is 0.0700. The summed E-state index contributed by atoms with van der Waals surface area (Å²) in [6, 6.07) is 4.71. The minimum absolute atomic E-state index is 0.00502. The van der Waals surface area contributed by atoms with E-state index >= 15 is 0 Å². The summed E-state index contributed by atoms with van der Waals surface area (Å²) in [5, 5.41) is 2.87. The van der Waals surface area contributed by atoms with Gasteiger partial charge in [-0.05, 0) is 44.5 Å². The number of hydrogen-bond acceptors (Lipinski definition) is 2. The average Bonchev–Trinajstić information content (AvgIpc) is 2.92. The van der Waals surface area contributed by atoms with E-state index in [-0.39, 0.29) is 34.7 Å². The molecule has 8 heteroatoms. The number of halogens is 5. The Morgan fingerprint density at radius 3 is 2.73 bits per heavy atom. The fourth-order valence-corrected chi connectivity index (χ4v) is 3.74. The second-order valence-electron chi connectivity index (χ2n) is 5.59. The normalized spacial score (nSPS) is 14.0. The van der Waals surface area contributed by atoms with Gasteiger partial charge in [0, 0.05) is 49.3 Å². The molecule has 1 aliphatic rings.